The number of carbonyl (C=O) groups is 1. The van der Waals surface area contributed by atoms with Gasteiger partial charge in [0, 0.05) is 30.0 Å². The number of aromatic nitrogens is 3. The number of anilines is 3. The summed E-state index contributed by atoms with van der Waals surface area (Å²) >= 11 is 0. The summed E-state index contributed by atoms with van der Waals surface area (Å²) in [6.45, 7) is 5.47. The first-order valence-electron chi connectivity index (χ1n) is 11.0. The number of amides is 1. The normalized spacial score (nSPS) is 13.9. The molecular formula is C25H27N6O2+. The van der Waals surface area contributed by atoms with Crippen molar-refractivity contribution in [2.24, 2.45) is 5.73 Å². The van der Waals surface area contributed by atoms with Crippen LogP contribution in [0.3, 0.4) is 0 Å². The summed E-state index contributed by atoms with van der Waals surface area (Å²) < 4.78 is 9.20. The van der Waals surface area contributed by atoms with Crippen LogP contribution in [0.5, 0.6) is 0 Å². The van der Waals surface area contributed by atoms with E-state index in [1.54, 1.807) is 4.57 Å². The molecule has 2 aromatic carbocycles. The molecule has 1 aliphatic rings. The van der Waals surface area contributed by atoms with Crippen molar-refractivity contribution < 1.29 is 14.1 Å². The second-order valence-corrected chi connectivity index (χ2v) is 8.24. The number of hydrogen-bond donors (Lipinski definition) is 2. The highest BCUT2D eigenvalue weighted by Gasteiger charge is 2.19. The van der Waals surface area contributed by atoms with Crippen LogP contribution in [0.1, 0.15) is 5.56 Å². The molecule has 1 aliphatic heterocycles. The summed E-state index contributed by atoms with van der Waals surface area (Å²) in [6.07, 6.45) is 5.55. The van der Waals surface area contributed by atoms with Crippen LogP contribution >= 0.6 is 0 Å². The summed E-state index contributed by atoms with van der Waals surface area (Å²) in [6, 6.07) is 16.7. The average molecular weight is 444 g/mol. The number of hydrogen-bond acceptors (Lipinski definition) is 5. The van der Waals surface area contributed by atoms with Gasteiger partial charge in [-0.15, -0.1) is 0 Å². The Hall–Kier alpha value is -3.91. The quantitative estimate of drug-likeness (QED) is 0.447. The van der Waals surface area contributed by atoms with Gasteiger partial charge in [-0.05, 0) is 31.2 Å². The second-order valence-electron chi connectivity index (χ2n) is 8.24. The van der Waals surface area contributed by atoms with E-state index in [9.17, 15) is 4.79 Å². The van der Waals surface area contributed by atoms with Crippen molar-refractivity contribution in [3.63, 3.8) is 0 Å². The van der Waals surface area contributed by atoms with E-state index in [1.165, 1.54) is 11.3 Å². The van der Waals surface area contributed by atoms with Gasteiger partial charge in [0.05, 0.1) is 19.4 Å². The molecule has 1 fully saturated rings. The van der Waals surface area contributed by atoms with Crippen LogP contribution in [0.4, 0.5) is 17.2 Å². The molecule has 33 heavy (non-hydrogen) atoms. The number of aryl methyl sites for hydroxylation is 1. The summed E-state index contributed by atoms with van der Waals surface area (Å²) in [5, 5.41) is 3.53. The zero-order valence-electron chi connectivity index (χ0n) is 18.6. The SMILES string of the molecule is Cc1ccc(Nc2c(-c3ccc(N4CCOCC4)cc3)nc3c[n+](CC(N)=O)ccn23)cc1. The predicted molar refractivity (Wildman–Crippen MR) is 128 cm³/mol. The smallest absolute Gasteiger partial charge is 0.283 e. The Labute approximate surface area is 192 Å². The lowest BCUT2D eigenvalue weighted by molar-refractivity contribution is -0.683. The van der Waals surface area contributed by atoms with E-state index in [-0.39, 0.29) is 6.54 Å². The molecule has 0 atom stereocenters. The summed E-state index contributed by atoms with van der Waals surface area (Å²) in [5.41, 5.74) is 11.3. The maximum Gasteiger partial charge on any atom is 0.283 e. The van der Waals surface area contributed by atoms with Crippen molar-refractivity contribution in [3.8, 4) is 11.3 Å². The number of carbonyl (C=O) groups excluding carboxylic acids is 1. The fourth-order valence-electron chi connectivity index (χ4n) is 4.06. The third kappa shape index (κ3) is 4.51. The van der Waals surface area contributed by atoms with Crippen molar-refractivity contribution in [3.05, 3.63) is 72.7 Å². The topological polar surface area (TPSA) is 88.8 Å². The fourth-order valence-corrected chi connectivity index (χ4v) is 4.06. The van der Waals surface area contributed by atoms with E-state index < -0.39 is 5.91 Å². The number of rotatable bonds is 6. The minimum atomic E-state index is -0.396. The van der Waals surface area contributed by atoms with Crippen LogP contribution in [0.25, 0.3) is 16.9 Å². The van der Waals surface area contributed by atoms with E-state index in [1.807, 2.05) is 23.0 Å². The highest BCUT2D eigenvalue weighted by Crippen LogP contribution is 2.32. The Bertz CT molecular complexity index is 1280. The Morgan fingerprint density at radius 1 is 1.12 bits per heavy atom. The largest absolute Gasteiger partial charge is 0.378 e. The lowest BCUT2D eigenvalue weighted by atomic mass is 10.1. The van der Waals surface area contributed by atoms with Gasteiger partial charge < -0.3 is 20.7 Å². The van der Waals surface area contributed by atoms with E-state index in [0.29, 0.717) is 0 Å². The van der Waals surface area contributed by atoms with Gasteiger partial charge in [-0.2, -0.15) is 4.57 Å². The van der Waals surface area contributed by atoms with Crippen molar-refractivity contribution in [2.75, 3.05) is 36.5 Å². The fraction of sp³-hybridized carbons (Fsp3) is 0.240. The van der Waals surface area contributed by atoms with Gasteiger partial charge in [-0.1, -0.05) is 29.8 Å². The molecule has 1 amide bonds. The number of nitrogens with one attached hydrogen (secondary N) is 1. The molecule has 0 spiro atoms. The van der Waals surface area contributed by atoms with Crippen molar-refractivity contribution in [2.45, 2.75) is 13.5 Å². The first-order valence-corrected chi connectivity index (χ1v) is 11.0. The monoisotopic (exact) mass is 443 g/mol. The lowest BCUT2D eigenvalue weighted by Gasteiger charge is -2.28. The number of fused-ring (bicyclic) bond motifs is 1. The van der Waals surface area contributed by atoms with Gasteiger partial charge in [0.2, 0.25) is 18.4 Å². The number of primary amides is 1. The zero-order valence-corrected chi connectivity index (χ0v) is 18.6. The molecule has 0 unspecified atom stereocenters. The van der Waals surface area contributed by atoms with Gasteiger partial charge in [0.1, 0.15) is 11.5 Å². The van der Waals surface area contributed by atoms with Crippen molar-refractivity contribution >= 4 is 28.7 Å². The number of benzene rings is 2. The second kappa shape index (κ2) is 8.91. The maximum atomic E-state index is 11.4. The number of nitrogens with two attached hydrogens (primary N) is 1. The molecule has 0 saturated carbocycles. The van der Waals surface area contributed by atoms with E-state index in [4.69, 9.17) is 15.5 Å². The lowest BCUT2D eigenvalue weighted by Crippen LogP contribution is -2.40. The van der Waals surface area contributed by atoms with Crippen molar-refractivity contribution in [1.82, 2.24) is 9.38 Å². The Morgan fingerprint density at radius 3 is 2.55 bits per heavy atom. The zero-order chi connectivity index (χ0) is 22.8. The van der Waals surface area contributed by atoms with E-state index in [2.05, 4.69) is 65.7 Å². The molecule has 4 aromatic rings. The van der Waals surface area contributed by atoms with Crippen LogP contribution in [0.15, 0.2) is 67.1 Å². The molecule has 168 valence electrons. The Balaban J connectivity index is 1.55. The van der Waals surface area contributed by atoms with Crippen LogP contribution in [-0.4, -0.2) is 41.6 Å². The molecule has 0 aliphatic carbocycles. The van der Waals surface area contributed by atoms with Crippen LogP contribution in [0, 0.1) is 6.92 Å². The molecule has 1 saturated heterocycles. The van der Waals surface area contributed by atoms with Gasteiger partial charge in [0.15, 0.2) is 6.20 Å². The number of imidazole rings is 1. The van der Waals surface area contributed by atoms with Gasteiger partial charge in [-0.25, -0.2) is 4.98 Å². The first-order chi connectivity index (χ1) is 16.1. The molecule has 3 heterocycles. The Kier molecular flexibility index (Phi) is 5.66. The van der Waals surface area contributed by atoms with E-state index >= 15 is 0 Å². The number of morpholine rings is 1. The molecule has 2 aromatic heterocycles. The molecule has 0 radical (unpaired) electrons. The van der Waals surface area contributed by atoms with Crippen molar-refractivity contribution in [1.29, 1.82) is 0 Å². The number of ether oxygens (including phenoxy) is 1. The Morgan fingerprint density at radius 2 is 1.85 bits per heavy atom. The van der Waals surface area contributed by atoms with E-state index in [0.717, 1.165) is 54.7 Å². The summed E-state index contributed by atoms with van der Waals surface area (Å²) in [7, 11) is 0. The number of nitrogens with zero attached hydrogens (tertiary/aromatic N) is 4. The van der Waals surface area contributed by atoms with Gasteiger partial charge in [-0.3, -0.25) is 9.20 Å². The molecule has 8 heteroatoms. The molecular weight excluding hydrogens is 416 g/mol. The van der Waals surface area contributed by atoms with Crippen LogP contribution in [0.2, 0.25) is 0 Å². The highest BCUT2D eigenvalue weighted by molar-refractivity contribution is 5.80. The highest BCUT2D eigenvalue weighted by atomic mass is 16.5. The first kappa shape index (κ1) is 21.0. The molecule has 3 N–H and O–H groups in total. The third-order valence-electron chi connectivity index (χ3n) is 5.80. The predicted octanol–water partition coefficient (Wildman–Crippen LogP) is 2.66. The molecule has 8 nitrogen and oxygen atoms in total. The van der Waals surface area contributed by atoms with Gasteiger partial charge in [0.25, 0.3) is 5.91 Å². The minimum Gasteiger partial charge on any atom is -0.378 e. The molecule has 0 bridgehead atoms. The van der Waals surface area contributed by atoms with Gasteiger partial charge >= 0.3 is 0 Å². The average Bonchev–Trinajstić information content (AvgIpc) is 3.18. The maximum absolute atomic E-state index is 11.4. The van der Waals surface area contributed by atoms with Crippen LogP contribution < -0.4 is 20.5 Å². The molecule has 5 rings (SSSR count). The van der Waals surface area contributed by atoms with Crippen LogP contribution in [-0.2, 0) is 16.1 Å². The standard InChI is InChI=1S/C25H26N6O2/c1-18-2-6-20(7-3-18)27-25-24(28-23-17-29(16-22(26)32)10-11-31(23)25)19-4-8-21(9-5-19)30-12-14-33-15-13-30/h2-11,17H,12-16H2,1H3,(H2,26,32)/p+1. The third-order valence-corrected chi connectivity index (χ3v) is 5.80. The minimum absolute atomic E-state index is 0.105. The summed E-state index contributed by atoms with van der Waals surface area (Å²) in [4.78, 5) is 18.6. The summed E-state index contributed by atoms with van der Waals surface area (Å²) in [5.74, 6) is 0.465.